The number of ether oxygens (including phenoxy) is 2. The number of carbonyl (C=O) groups excluding carboxylic acids is 1. The van der Waals surface area contributed by atoms with E-state index in [4.69, 9.17) is 9.47 Å². The molecule has 0 saturated carbocycles. The van der Waals surface area contributed by atoms with Gasteiger partial charge in [-0.25, -0.2) is 4.98 Å². The molecule has 4 aromatic rings. The van der Waals surface area contributed by atoms with Crippen molar-refractivity contribution >= 4 is 44.4 Å². The number of hydrogen-bond acceptors (Lipinski definition) is 9. The minimum Gasteiger partial charge on any atom is -0.497 e. The monoisotopic (exact) mass is 428 g/mol. The molecule has 0 bridgehead atoms. The standard InChI is InChI=1S/C18H16N6O3S2/c1-26-11-7-8-13(14(9-11)27-2)24-18(21-22-23-24)28-10-16(25)20-17-19-12-5-3-4-6-15(12)29-17/h3-9H,10H2,1-2H3,(H,19,20,25). The van der Waals surface area contributed by atoms with Crippen LogP contribution in [0.15, 0.2) is 47.6 Å². The number of hydrogen-bond donors (Lipinski definition) is 1. The Labute approximate surface area is 174 Å². The molecule has 4 rings (SSSR count). The first-order valence-corrected chi connectivity index (χ1v) is 10.3. The van der Waals surface area contributed by atoms with Gasteiger partial charge in [0.05, 0.1) is 30.2 Å². The normalized spacial score (nSPS) is 10.8. The second-order valence-corrected chi connectivity index (χ2v) is 7.71. The molecule has 0 spiro atoms. The molecule has 0 fully saturated rings. The van der Waals surface area contributed by atoms with Gasteiger partial charge in [0, 0.05) is 6.07 Å². The summed E-state index contributed by atoms with van der Waals surface area (Å²) in [6, 6.07) is 13.0. The minimum absolute atomic E-state index is 0.134. The number of thioether (sulfide) groups is 1. The molecule has 2 aromatic heterocycles. The second-order valence-electron chi connectivity index (χ2n) is 5.73. The molecule has 2 heterocycles. The van der Waals surface area contributed by atoms with E-state index >= 15 is 0 Å². The number of rotatable bonds is 7. The highest BCUT2D eigenvalue weighted by molar-refractivity contribution is 7.99. The third-order valence-electron chi connectivity index (χ3n) is 3.93. The number of carbonyl (C=O) groups is 1. The van der Waals surface area contributed by atoms with Gasteiger partial charge in [-0.15, -0.1) is 5.10 Å². The van der Waals surface area contributed by atoms with Crippen molar-refractivity contribution in [2.75, 3.05) is 25.3 Å². The highest BCUT2D eigenvalue weighted by Gasteiger charge is 2.16. The van der Waals surface area contributed by atoms with E-state index in [9.17, 15) is 4.79 Å². The van der Waals surface area contributed by atoms with Crippen LogP contribution in [0.5, 0.6) is 11.5 Å². The Morgan fingerprint density at radius 3 is 2.86 bits per heavy atom. The topological polar surface area (TPSA) is 104 Å². The zero-order valence-electron chi connectivity index (χ0n) is 15.5. The van der Waals surface area contributed by atoms with E-state index in [1.165, 1.54) is 27.8 Å². The fourth-order valence-electron chi connectivity index (χ4n) is 2.59. The van der Waals surface area contributed by atoms with Gasteiger partial charge in [-0.1, -0.05) is 35.2 Å². The van der Waals surface area contributed by atoms with Crippen molar-refractivity contribution in [3.05, 3.63) is 42.5 Å². The van der Waals surface area contributed by atoms with Crippen molar-refractivity contribution < 1.29 is 14.3 Å². The molecule has 29 heavy (non-hydrogen) atoms. The molecule has 1 amide bonds. The fourth-order valence-corrected chi connectivity index (χ4v) is 4.16. The van der Waals surface area contributed by atoms with E-state index in [2.05, 4.69) is 25.8 Å². The van der Waals surface area contributed by atoms with Gasteiger partial charge in [0.2, 0.25) is 11.1 Å². The van der Waals surface area contributed by atoms with E-state index in [-0.39, 0.29) is 11.7 Å². The van der Waals surface area contributed by atoms with E-state index in [1.54, 1.807) is 32.4 Å². The molecule has 0 saturated heterocycles. The molecule has 0 radical (unpaired) electrons. The molecule has 0 aliphatic rings. The molecule has 0 atom stereocenters. The quantitative estimate of drug-likeness (QED) is 0.448. The summed E-state index contributed by atoms with van der Waals surface area (Å²) in [5.74, 6) is 1.15. The molecular weight excluding hydrogens is 412 g/mol. The molecular formula is C18H16N6O3S2. The Kier molecular flexibility index (Phi) is 5.58. The van der Waals surface area contributed by atoms with Crippen LogP contribution >= 0.6 is 23.1 Å². The van der Waals surface area contributed by atoms with Gasteiger partial charge >= 0.3 is 0 Å². The lowest BCUT2D eigenvalue weighted by Gasteiger charge is -2.10. The van der Waals surface area contributed by atoms with Crippen LogP contribution in [0.1, 0.15) is 0 Å². The average molecular weight is 428 g/mol. The lowest BCUT2D eigenvalue weighted by molar-refractivity contribution is -0.113. The number of benzene rings is 2. The number of aromatic nitrogens is 5. The third-order valence-corrected chi connectivity index (χ3v) is 5.80. The van der Waals surface area contributed by atoms with Crippen LogP contribution in [0.25, 0.3) is 15.9 Å². The fraction of sp³-hybridized carbons (Fsp3) is 0.167. The number of fused-ring (bicyclic) bond motifs is 1. The van der Waals surface area contributed by atoms with Gasteiger partial charge in [-0.2, -0.15) is 4.68 Å². The van der Waals surface area contributed by atoms with E-state index in [0.717, 1.165) is 10.2 Å². The Morgan fingerprint density at radius 2 is 2.07 bits per heavy atom. The third kappa shape index (κ3) is 4.15. The second kappa shape index (κ2) is 8.45. The van der Waals surface area contributed by atoms with Crippen LogP contribution in [0.4, 0.5) is 5.13 Å². The number of thiazole rings is 1. The van der Waals surface area contributed by atoms with Gasteiger partial charge in [-0.3, -0.25) is 4.79 Å². The number of amides is 1. The first-order chi connectivity index (χ1) is 14.2. The number of nitrogens with one attached hydrogen (secondary N) is 1. The maximum atomic E-state index is 12.4. The maximum Gasteiger partial charge on any atom is 0.236 e. The van der Waals surface area contributed by atoms with Gasteiger partial charge < -0.3 is 14.8 Å². The lowest BCUT2D eigenvalue weighted by atomic mass is 10.3. The first kappa shape index (κ1) is 19.2. The van der Waals surface area contributed by atoms with E-state index < -0.39 is 0 Å². The summed E-state index contributed by atoms with van der Waals surface area (Å²) < 4.78 is 13.2. The van der Waals surface area contributed by atoms with Crippen LogP contribution in [0.2, 0.25) is 0 Å². The maximum absolute atomic E-state index is 12.4. The predicted molar refractivity (Wildman–Crippen MR) is 111 cm³/mol. The van der Waals surface area contributed by atoms with Crippen LogP contribution in [0.3, 0.4) is 0 Å². The Morgan fingerprint density at radius 1 is 1.21 bits per heavy atom. The van der Waals surface area contributed by atoms with Gasteiger partial charge in [0.15, 0.2) is 5.13 Å². The van der Waals surface area contributed by atoms with Crippen LogP contribution in [-0.4, -0.2) is 51.1 Å². The van der Waals surface area contributed by atoms with Crippen molar-refractivity contribution in [3.63, 3.8) is 0 Å². The van der Waals surface area contributed by atoms with Crippen LogP contribution in [0, 0.1) is 0 Å². The van der Waals surface area contributed by atoms with E-state index in [0.29, 0.717) is 27.5 Å². The number of para-hydroxylation sites is 1. The minimum atomic E-state index is -0.190. The summed E-state index contributed by atoms with van der Waals surface area (Å²) in [4.78, 5) is 16.8. The molecule has 148 valence electrons. The Hall–Kier alpha value is -3.18. The number of nitrogens with zero attached hydrogens (tertiary/aromatic N) is 5. The molecule has 9 nitrogen and oxygen atoms in total. The first-order valence-electron chi connectivity index (χ1n) is 8.47. The number of methoxy groups -OCH3 is 2. The molecule has 0 unspecified atom stereocenters. The zero-order chi connectivity index (χ0) is 20.2. The summed E-state index contributed by atoms with van der Waals surface area (Å²) in [6.45, 7) is 0. The molecule has 0 aliphatic heterocycles. The van der Waals surface area contributed by atoms with Gasteiger partial charge in [-0.05, 0) is 34.7 Å². The van der Waals surface area contributed by atoms with Crippen molar-refractivity contribution in [2.24, 2.45) is 0 Å². The molecule has 0 aliphatic carbocycles. The van der Waals surface area contributed by atoms with Crippen molar-refractivity contribution in [3.8, 4) is 17.2 Å². The zero-order valence-corrected chi connectivity index (χ0v) is 17.2. The smallest absolute Gasteiger partial charge is 0.236 e. The van der Waals surface area contributed by atoms with Crippen LogP contribution < -0.4 is 14.8 Å². The molecule has 11 heteroatoms. The van der Waals surface area contributed by atoms with Gasteiger partial charge in [0.25, 0.3) is 0 Å². The Bertz CT molecular complexity index is 1130. The molecule has 1 N–H and O–H groups in total. The van der Waals surface area contributed by atoms with Crippen molar-refractivity contribution in [1.29, 1.82) is 0 Å². The number of tetrazole rings is 1. The summed E-state index contributed by atoms with van der Waals surface area (Å²) >= 11 is 2.65. The SMILES string of the molecule is COc1ccc(-n2nnnc2SCC(=O)Nc2nc3ccccc3s2)c(OC)c1. The van der Waals surface area contributed by atoms with Crippen molar-refractivity contribution in [1.82, 2.24) is 25.2 Å². The summed E-state index contributed by atoms with van der Waals surface area (Å²) in [5, 5.41) is 15.6. The lowest BCUT2D eigenvalue weighted by Crippen LogP contribution is -2.14. The summed E-state index contributed by atoms with van der Waals surface area (Å²) in [6.07, 6.45) is 0. The van der Waals surface area contributed by atoms with Gasteiger partial charge in [0.1, 0.15) is 17.2 Å². The molecule has 2 aromatic carbocycles. The average Bonchev–Trinajstić information content (AvgIpc) is 3.37. The highest BCUT2D eigenvalue weighted by Crippen LogP contribution is 2.30. The summed E-state index contributed by atoms with van der Waals surface area (Å²) in [5.41, 5.74) is 1.50. The highest BCUT2D eigenvalue weighted by atomic mass is 32.2. The van der Waals surface area contributed by atoms with Crippen LogP contribution in [-0.2, 0) is 4.79 Å². The number of anilines is 1. The summed E-state index contributed by atoms with van der Waals surface area (Å²) in [7, 11) is 3.14. The predicted octanol–water partition coefficient (Wildman–Crippen LogP) is 3.02. The van der Waals surface area contributed by atoms with Crippen molar-refractivity contribution in [2.45, 2.75) is 5.16 Å². The largest absolute Gasteiger partial charge is 0.497 e. The Balaban J connectivity index is 1.46. The van der Waals surface area contributed by atoms with E-state index in [1.807, 2.05) is 24.3 Å².